The summed E-state index contributed by atoms with van der Waals surface area (Å²) in [6.07, 6.45) is 3.52. The topological polar surface area (TPSA) is 128 Å². The minimum atomic E-state index is -1.12. The maximum atomic E-state index is 13.4. The lowest BCUT2D eigenvalue weighted by Gasteiger charge is -2.28. The minimum absolute atomic E-state index is 0.0390. The van der Waals surface area contributed by atoms with E-state index in [-0.39, 0.29) is 30.7 Å². The summed E-state index contributed by atoms with van der Waals surface area (Å²) in [6.45, 7) is 3.29. The van der Waals surface area contributed by atoms with Gasteiger partial charge in [0, 0.05) is 25.4 Å². The van der Waals surface area contributed by atoms with Gasteiger partial charge in [0.05, 0.1) is 6.04 Å². The standard InChI is InChI=1S/C30H38N4O5/c1-20-11-13-22(14-12-20)18-25(30(38)39)33-27(35)19-23(17-21-7-3-2-4-8-21)32-28(36)26-10-6-16-34(26)29(37)24-9-5-15-31-24/h2-4,7-8,11-14,23-26,31H,5-6,9-10,15-19H2,1H3,(H,32,36)(H,33,35)(H,38,39)/t23-,24-,25-,26-/m0/s1. The number of carboxylic acids is 1. The van der Waals surface area contributed by atoms with E-state index in [1.807, 2.05) is 61.5 Å². The number of hydrogen-bond donors (Lipinski definition) is 4. The molecular weight excluding hydrogens is 496 g/mol. The zero-order valence-corrected chi connectivity index (χ0v) is 22.4. The second-order valence-corrected chi connectivity index (χ2v) is 10.6. The van der Waals surface area contributed by atoms with Crippen LogP contribution in [0.2, 0.25) is 0 Å². The first-order chi connectivity index (χ1) is 18.8. The SMILES string of the molecule is Cc1ccc(C[C@H](NC(=O)C[C@H](Cc2ccccc2)NC(=O)[C@@H]2CCCN2C(=O)[C@@H]2CCCN2)C(=O)O)cc1. The Morgan fingerprint density at radius 3 is 2.33 bits per heavy atom. The smallest absolute Gasteiger partial charge is 0.326 e. The van der Waals surface area contributed by atoms with Crippen LogP contribution in [0.1, 0.15) is 48.8 Å². The van der Waals surface area contributed by atoms with Gasteiger partial charge >= 0.3 is 5.97 Å². The van der Waals surface area contributed by atoms with Gasteiger partial charge in [-0.1, -0.05) is 60.2 Å². The van der Waals surface area contributed by atoms with E-state index in [2.05, 4.69) is 16.0 Å². The lowest BCUT2D eigenvalue weighted by Crippen LogP contribution is -2.53. The second kappa shape index (κ2) is 13.4. The second-order valence-electron chi connectivity index (χ2n) is 10.6. The Hall–Kier alpha value is -3.72. The van der Waals surface area contributed by atoms with Crippen LogP contribution in [0.5, 0.6) is 0 Å². The van der Waals surface area contributed by atoms with Crippen LogP contribution < -0.4 is 16.0 Å². The zero-order valence-electron chi connectivity index (χ0n) is 22.4. The molecule has 2 aliphatic rings. The van der Waals surface area contributed by atoms with Crippen molar-refractivity contribution >= 4 is 23.7 Å². The highest BCUT2D eigenvalue weighted by Gasteiger charge is 2.38. The van der Waals surface area contributed by atoms with E-state index in [1.54, 1.807) is 4.90 Å². The monoisotopic (exact) mass is 534 g/mol. The molecular formula is C30H38N4O5. The summed E-state index contributed by atoms with van der Waals surface area (Å²) in [5.41, 5.74) is 2.82. The molecule has 0 aromatic heterocycles. The van der Waals surface area contributed by atoms with Gasteiger partial charge in [-0.3, -0.25) is 14.4 Å². The van der Waals surface area contributed by atoms with E-state index in [0.29, 0.717) is 19.4 Å². The number of nitrogens with one attached hydrogen (secondary N) is 3. The molecule has 0 spiro atoms. The molecule has 39 heavy (non-hydrogen) atoms. The number of hydrogen-bond acceptors (Lipinski definition) is 5. The van der Waals surface area contributed by atoms with E-state index < -0.39 is 30.0 Å². The molecule has 2 heterocycles. The average Bonchev–Trinajstić information content (AvgIpc) is 3.62. The summed E-state index contributed by atoms with van der Waals surface area (Å²) in [6, 6.07) is 14.6. The third-order valence-electron chi connectivity index (χ3n) is 7.49. The van der Waals surface area contributed by atoms with Gasteiger partial charge in [0.25, 0.3) is 0 Å². The quantitative estimate of drug-likeness (QED) is 0.349. The molecule has 4 N–H and O–H groups in total. The van der Waals surface area contributed by atoms with Crippen molar-refractivity contribution in [3.05, 3.63) is 71.3 Å². The summed E-state index contributed by atoms with van der Waals surface area (Å²) in [5.74, 6) is -1.89. The number of aliphatic carboxylic acids is 1. The highest BCUT2D eigenvalue weighted by Crippen LogP contribution is 2.21. The number of carbonyl (C=O) groups is 4. The molecule has 2 aromatic rings. The fraction of sp³-hybridized carbons (Fsp3) is 0.467. The van der Waals surface area contributed by atoms with Crippen LogP contribution in [0.4, 0.5) is 0 Å². The van der Waals surface area contributed by atoms with Crippen molar-refractivity contribution in [1.29, 1.82) is 0 Å². The highest BCUT2D eigenvalue weighted by molar-refractivity contribution is 5.91. The molecule has 2 fully saturated rings. The van der Waals surface area contributed by atoms with Crippen LogP contribution in [-0.4, -0.2) is 71.0 Å². The van der Waals surface area contributed by atoms with Gasteiger partial charge in [0.15, 0.2) is 0 Å². The van der Waals surface area contributed by atoms with Crippen molar-refractivity contribution in [2.24, 2.45) is 0 Å². The predicted molar refractivity (Wildman–Crippen MR) is 147 cm³/mol. The van der Waals surface area contributed by atoms with E-state index in [9.17, 15) is 24.3 Å². The first-order valence-electron chi connectivity index (χ1n) is 13.8. The van der Waals surface area contributed by atoms with E-state index in [4.69, 9.17) is 0 Å². The molecule has 4 atom stereocenters. The van der Waals surface area contributed by atoms with Gasteiger partial charge in [-0.05, 0) is 56.7 Å². The number of rotatable bonds is 11. The first-order valence-corrected chi connectivity index (χ1v) is 13.8. The molecule has 2 aromatic carbocycles. The lowest BCUT2D eigenvalue weighted by molar-refractivity contribution is -0.142. The van der Waals surface area contributed by atoms with Crippen molar-refractivity contribution in [3.63, 3.8) is 0 Å². The lowest BCUT2D eigenvalue weighted by atomic mass is 10.0. The molecule has 0 aliphatic carbocycles. The normalized spacial score (nSPS) is 20.3. The van der Waals surface area contributed by atoms with Crippen molar-refractivity contribution in [2.45, 2.75) is 76.0 Å². The van der Waals surface area contributed by atoms with Gasteiger partial charge < -0.3 is 26.0 Å². The molecule has 0 bridgehead atoms. The van der Waals surface area contributed by atoms with Crippen LogP contribution in [0.15, 0.2) is 54.6 Å². The number of carboxylic acid groups (broad SMARTS) is 1. The summed E-state index contributed by atoms with van der Waals surface area (Å²) in [7, 11) is 0. The fourth-order valence-corrected chi connectivity index (χ4v) is 5.41. The fourth-order valence-electron chi connectivity index (χ4n) is 5.41. The minimum Gasteiger partial charge on any atom is -0.480 e. The number of benzene rings is 2. The summed E-state index contributed by atoms with van der Waals surface area (Å²) >= 11 is 0. The Balaban J connectivity index is 1.42. The predicted octanol–water partition coefficient (Wildman–Crippen LogP) is 1.97. The number of amides is 3. The third kappa shape index (κ3) is 7.89. The largest absolute Gasteiger partial charge is 0.480 e. The maximum absolute atomic E-state index is 13.4. The molecule has 2 aliphatic heterocycles. The molecule has 0 radical (unpaired) electrons. The van der Waals surface area contributed by atoms with E-state index in [0.717, 1.165) is 42.5 Å². The Bertz CT molecular complexity index is 1150. The van der Waals surface area contributed by atoms with Crippen molar-refractivity contribution < 1.29 is 24.3 Å². The number of aryl methyl sites for hydroxylation is 1. The molecule has 3 amide bonds. The highest BCUT2D eigenvalue weighted by atomic mass is 16.4. The Kier molecular flexibility index (Phi) is 9.70. The molecule has 0 unspecified atom stereocenters. The van der Waals surface area contributed by atoms with Crippen molar-refractivity contribution in [1.82, 2.24) is 20.9 Å². The average molecular weight is 535 g/mol. The van der Waals surface area contributed by atoms with Crippen LogP contribution in [0.3, 0.4) is 0 Å². The maximum Gasteiger partial charge on any atom is 0.326 e. The van der Waals surface area contributed by atoms with Crippen LogP contribution in [0.25, 0.3) is 0 Å². The molecule has 9 heteroatoms. The summed E-state index contributed by atoms with van der Waals surface area (Å²) < 4.78 is 0. The third-order valence-corrected chi connectivity index (χ3v) is 7.49. The zero-order chi connectivity index (χ0) is 27.8. The Labute approximate surface area is 229 Å². The van der Waals surface area contributed by atoms with Crippen molar-refractivity contribution in [2.75, 3.05) is 13.1 Å². The van der Waals surface area contributed by atoms with Crippen LogP contribution >= 0.6 is 0 Å². The summed E-state index contributed by atoms with van der Waals surface area (Å²) in [4.78, 5) is 53.1. The van der Waals surface area contributed by atoms with Gasteiger partial charge in [0.1, 0.15) is 12.1 Å². The number of nitrogens with zero attached hydrogens (tertiary/aromatic N) is 1. The van der Waals surface area contributed by atoms with E-state index in [1.165, 1.54) is 0 Å². The molecule has 2 saturated heterocycles. The first kappa shape index (κ1) is 28.3. The van der Waals surface area contributed by atoms with Crippen LogP contribution in [0, 0.1) is 6.92 Å². The molecule has 208 valence electrons. The van der Waals surface area contributed by atoms with Crippen LogP contribution in [-0.2, 0) is 32.0 Å². The number of likely N-dealkylation sites (tertiary alicyclic amines) is 1. The van der Waals surface area contributed by atoms with Crippen molar-refractivity contribution in [3.8, 4) is 0 Å². The van der Waals surface area contributed by atoms with Gasteiger partial charge in [-0.2, -0.15) is 0 Å². The molecule has 4 rings (SSSR count). The Morgan fingerprint density at radius 1 is 0.949 bits per heavy atom. The Morgan fingerprint density at radius 2 is 1.67 bits per heavy atom. The van der Waals surface area contributed by atoms with Gasteiger partial charge in [0.2, 0.25) is 17.7 Å². The molecule has 0 saturated carbocycles. The number of carbonyl (C=O) groups excluding carboxylic acids is 3. The summed E-state index contributed by atoms with van der Waals surface area (Å²) in [5, 5.41) is 18.6. The van der Waals surface area contributed by atoms with Gasteiger partial charge in [-0.15, -0.1) is 0 Å². The van der Waals surface area contributed by atoms with Gasteiger partial charge in [-0.25, -0.2) is 4.79 Å². The van der Waals surface area contributed by atoms with E-state index >= 15 is 0 Å². The molecule has 9 nitrogen and oxygen atoms in total.